The van der Waals surface area contributed by atoms with Gasteiger partial charge in [-0.1, -0.05) is 127 Å². The summed E-state index contributed by atoms with van der Waals surface area (Å²) in [5.41, 5.74) is 3.05. The monoisotopic (exact) mass is 820 g/mol. The molecular weight excluding hydrogens is 773 g/mol. The Labute approximate surface area is 347 Å². The maximum absolute atomic E-state index is 13.2. The number of aliphatic hydroxyl groups is 3. The van der Waals surface area contributed by atoms with Crippen molar-refractivity contribution in [1.82, 2.24) is 0 Å². The second-order valence-electron chi connectivity index (χ2n) is 14.4. The Morgan fingerprint density at radius 2 is 0.950 bits per heavy atom. The molecule has 5 aromatic rings. The number of ether oxygens (including phenoxy) is 8. The lowest BCUT2D eigenvalue weighted by Crippen LogP contribution is -2.65. The van der Waals surface area contributed by atoms with E-state index < -0.39 is 80.0 Å². The molecular formula is C47H48O13. The van der Waals surface area contributed by atoms with Crippen LogP contribution in [0.15, 0.2) is 152 Å². The third-order valence-electron chi connectivity index (χ3n) is 10.1. The Morgan fingerprint density at radius 1 is 0.483 bits per heavy atom. The normalized spacial score (nSPS) is 26.5. The molecule has 0 aliphatic carbocycles. The number of hydrogen-bond acceptors (Lipinski definition) is 13. The van der Waals surface area contributed by atoms with Crippen LogP contribution in [0.25, 0.3) is 0 Å². The summed E-state index contributed by atoms with van der Waals surface area (Å²) in [4.78, 5) is 26.2. The zero-order chi connectivity index (χ0) is 41.7. The average molecular weight is 821 g/mol. The molecule has 3 N–H and O–H groups in total. The highest BCUT2D eigenvalue weighted by Gasteiger charge is 2.53. The van der Waals surface area contributed by atoms with Crippen molar-refractivity contribution in [3.05, 3.63) is 179 Å². The Balaban J connectivity index is 1.17. The van der Waals surface area contributed by atoms with E-state index in [1.54, 1.807) is 48.5 Å². The van der Waals surface area contributed by atoms with E-state index in [0.29, 0.717) is 0 Å². The van der Waals surface area contributed by atoms with Gasteiger partial charge in [-0.05, 0) is 41.0 Å². The molecule has 0 unspecified atom stereocenters. The lowest BCUT2D eigenvalue weighted by atomic mass is 9.96. The first-order valence-electron chi connectivity index (χ1n) is 19.8. The van der Waals surface area contributed by atoms with E-state index in [2.05, 4.69) is 0 Å². The van der Waals surface area contributed by atoms with Crippen molar-refractivity contribution in [3.63, 3.8) is 0 Å². The summed E-state index contributed by atoms with van der Waals surface area (Å²) >= 11 is 0. The molecule has 7 rings (SSSR count). The fraction of sp³-hybridized carbons (Fsp3) is 0.319. The van der Waals surface area contributed by atoms with Crippen LogP contribution in [0.4, 0.5) is 0 Å². The molecule has 0 bridgehead atoms. The molecule has 60 heavy (non-hydrogen) atoms. The quantitative estimate of drug-likeness (QED) is 0.107. The fourth-order valence-corrected chi connectivity index (χ4v) is 7.01. The predicted octanol–water partition coefficient (Wildman–Crippen LogP) is 5.01. The standard InChI is InChI=1S/C47H48O13/c48-38-40(37(30-56-44(50)34-22-12-4-13-23-34)57-46(52)43(38)59-45(51)35-24-14-5-15-25-35)60-47-39(49)42(55-28-33-20-10-3-11-21-33)41(54-27-32-18-8-2-9-19-32)36(58-47)29-53-26-31-16-6-1-7-17-31/h1-25,36-43,46-49,52H,26-30H2/t36-,37-,38+,39-,40+,41-,42-,43-,46-,47-/m1/s1. The highest BCUT2D eigenvalue weighted by atomic mass is 16.7. The maximum atomic E-state index is 13.2. The fourth-order valence-electron chi connectivity index (χ4n) is 7.01. The van der Waals surface area contributed by atoms with Crippen molar-refractivity contribution in [3.8, 4) is 0 Å². The Morgan fingerprint density at radius 3 is 1.50 bits per heavy atom. The van der Waals surface area contributed by atoms with Crippen molar-refractivity contribution < 1.29 is 62.8 Å². The molecule has 13 nitrogen and oxygen atoms in total. The molecule has 5 aromatic carbocycles. The number of hydrogen-bond donors (Lipinski definition) is 3. The number of benzene rings is 5. The smallest absolute Gasteiger partial charge is 0.338 e. The largest absolute Gasteiger partial charge is 0.459 e. The van der Waals surface area contributed by atoms with Crippen molar-refractivity contribution >= 4 is 11.9 Å². The molecule has 0 amide bonds. The molecule has 2 saturated heterocycles. The van der Waals surface area contributed by atoms with E-state index in [0.717, 1.165) is 16.7 Å². The Bertz CT molecular complexity index is 2040. The highest BCUT2D eigenvalue weighted by molar-refractivity contribution is 5.89. The lowest BCUT2D eigenvalue weighted by Gasteiger charge is -2.47. The third-order valence-corrected chi connectivity index (χ3v) is 10.1. The van der Waals surface area contributed by atoms with Gasteiger partial charge in [0.05, 0.1) is 37.6 Å². The minimum atomic E-state index is -1.86. The van der Waals surface area contributed by atoms with Crippen LogP contribution < -0.4 is 0 Å². The van der Waals surface area contributed by atoms with E-state index in [4.69, 9.17) is 37.9 Å². The summed E-state index contributed by atoms with van der Waals surface area (Å²) in [6.07, 6.45) is -14.1. The third kappa shape index (κ3) is 11.3. The first kappa shape index (κ1) is 42.8. The van der Waals surface area contributed by atoms with Gasteiger partial charge in [-0.3, -0.25) is 0 Å². The van der Waals surface area contributed by atoms with E-state index in [1.807, 2.05) is 91.0 Å². The Hall–Kier alpha value is -5.32. The van der Waals surface area contributed by atoms with Crippen molar-refractivity contribution in [2.24, 2.45) is 0 Å². The van der Waals surface area contributed by atoms with Crippen molar-refractivity contribution in [1.29, 1.82) is 0 Å². The molecule has 0 saturated carbocycles. The van der Waals surface area contributed by atoms with E-state index in [-0.39, 0.29) is 37.6 Å². The van der Waals surface area contributed by atoms with Crippen molar-refractivity contribution in [2.45, 2.75) is 81.2 Å². The van der Waals surface area contributed by atoms with Crippen LogP contribution in [0.1, 0.15) is 37.4 Å². The number of aliphatic hydroxyl groups excluding tert-OH is 3. The van der Waals surface area contributed by atoms with Crippen LogP contribution in [-0.4, -0.2) is 102 Å². The zero-order valence-electron chi connectivity index (χ0n) is 32.7. The van der Waals surface area contributed by atoms with Gasteiger partial charge in [0.1, 0.15) is 49.3 Å². The molecule has 2 aliphatic rings. The molecule has 2 aliphatic heterocycles. The summed E-state index contributed by atoms with van der Waals surface area (Å²) in [6.45, 7) is -0.0377. The van der Waals surface area contributed by atoms with E-state index in [9.17, 15) is 24.9 Å². The van der Waals surface area contributed by atoms with Gasteiger partial charge in [-0.15, -0.1) is 0 Å². The topological polar surface area (TPSA) is 169 Å². The van der Waals surface area contributed by atoms with E-state index in [1.165, 1.54) is 12.1 Å². The van der Waals surface area contributed by atoms with Gasteiger partial charge in [-0.2, -0.15) is 0 Å². The summed E-state index contributed by atoms with van der Waals surface area (Å²) in [5, 5.41) is 35.1. The van der Waals surface area contributed by atoms with E-state index >= 15 is 0 Å². The van der Waals surface area contributed by atoms with Crippen molar-refractivity contribution in [2.75, 3.05) is 13.2 Å². The summed E-state index contributed by atoms with van der Waals surface area (Å²) in [6, 6.07) is 44.8. The summed E-state index contributed by atoms with van der Waals surface area (Å²) < 4.78 is 49.0. The number of carbonyl (C=O) groups is 2. The SMILES string of the molecule is O=C(OC[C@H]1O[C@@H](O)[C@H](OC(=O)c2ccccc2)[C@@H](O)[C@H]1O[C@H]1O[C@H](COCc2ccccc2)[C@@H](OCc2ccccc2)[C@H](OCc2ccccc2)[C@H]1O)c1ccccc1. The second kappa shape index (κ2) is 21.3. The number of rotatable bonds is 17. The minimum Gasteiger partial charge on any atom is -0.459 e. The van der Waals surface area contributed by atoms with Gasteiger partial charge in [-0.25, -0.2) is 9.59 Å². The van der Waals surface area contributed by atoms with Crippen LogP contribution in [-0.2, 0) is 57.7 Å². The highest BCUT2D eigenvalue weighted by Crippen LogP contribution is 2.33. The molecule has 10 atom stereocenters. The molecule has 0 aromatic heterocycles. The summed E-state index contributed by atoms with van der Waals surface area (Å²) in [7, 11) is 0. The van der Waals surface area contributed by atoms with Gasteiger partial charge in [0.15, 0.2) is 18.7 Å². The maximum Gasteiger partial charge on any atom is 0.338 e. The van der Waals surface area contributed by atoms with Crippen LogP contribution in [0.5, 0.6) is 0 Å². The van der Waals surface area contributed by atoms with Crippen LogP contribution in [0.2, 0.25) is 0 Å². The molecule has 0 spiro atoms. The predicted molar refractivity (Wildman–Crippen MR) is 215 cm³/mol. The van der Waals surface area contributed by atoms with Gasteiger partial charge in [0.2, 0.25) is 0 Å². The lowest BCUT2D eigenvalue weighted by molar-refractivity contribution is -0.361. The zero-order valence-corrected chi connectivity index (χ0v) is 32.7. The number of carbonyl (C=O) groups excluding carboxylic acids is 2. The summed E-state index contributed by atoms with van der Waals surface area (Å²) in [5.74, 6) is -1.54. The molecule has 314 valence electrons. The number of esters is 2. The Kier molecular flexibility index (Phi) is 15.2. The van der Waals surface area contributed by atoms with Gasteiger partial charge < -0.3 is 53.2 Å². The minimum absolute atomic E-state index is 0.0238. The second-order valence-corrected chi connectivity index (χ2v) is 14.4. The van der Waals surface area contributed by atoms with Gasteiger partial charge in [0, 0.05) is 0 Å². The molecule has 2 heterocycles. The van der Waals surface area contributed by atoms with Gasteiger partial charge in [0.25, 0.3) is 0 Å². The van der Waals surface area contributed by atoms with Crippen LogP contribution >= 0.6 is 0 Å². The average Bonchev–Trinajstić information content (AvgIpc) is 3.29. The molecule has 13 heteroatoms. The molecule has 2 fully saturated rings. The van der Waals surface area contributed by atoms with Gasteiger partial charge >= 0.3 is 11.9 Å². The first-order chi connectivity index (χ1) is 29.3. The van der Waals surface area contributed by atoms with Crippen LogP contribution in [0.3, 0.4) is 0 Å². The van der Waals surface area contributed by atoms with Crippen LogP contribution in [0, 0.1) is 0 Å². The first-order valence-corrected chi connectivity index (χ1v) is 19.8. The molecule has 0 radical (unpaired) electrons.